The lowest BCUT2D eigenvalue weighted by atomic mass is 10.2. The van der Waals surface area contributed by atoms with Gasteiger partial charge in [0.2, 0.25) is 11.7 Å². The second kappa shape index (κ2) is 4.73. The van der Waals surface area contributed by atoms with E-state index in [0.717, 1.165) is 24.6 Å². The number of imidazole rings is 1. The fraction of sp³-hybridized carbons (Fsp3) is 0.538. The Bertz CT molecular complexity index is 643. The van der Waals surface area contributed by atoms with Crippen LogP contribution in [0, 0.1) is 0 Å². The lowest BCUT2D eigenvalue weighted by Crippen LogP contribution is -2.42. The fourth-order valence-electron chi connectivity index (χ4n) is 2.65. The summed E-state index contributed by atoms with van der Waals surface area (Å²) in [6.45, 7) is 5.24. The van der Waals surface area contributed by atoms with Gasteiger partial charge in [-0.1, -0.05) is 6.92 Å². The molecule has 7 heteroatoms. The lowest BCUT2D eigenvalue weighted by molar-refractivity contribution is -0.136. The number of carbonyl (C=O) groups excluding carboxylic acids is 1. The average Bonchev–Trinajstić information content (AvgIpc) is 3.01. The Hall–Kier alpha value is -2.18. The summed E-state index contributed by atoms with van der Waals surface area (Å²) in [6.07, 6.45) is 4.52. The molecule has 106 valence electrons. The van der Waals surface area contributed by atoms with E-state index in [1.807, 2.05) is 34.2 Å². The maximum atomic E-state index is 12.4. The van der Waals surface area contributed by atoms with Gasteiger partial charge in [-0.2, -0.15) is 0 Å². The monoisotopic (exact) mass is 274 g/mol. The van der Waals surface area contributed by atoms with Gasteiger partial charge in [0.25, 0.3) is 0 Å². The highest BCUT2D eigenvalue weighted by molar-refractivity contribution is 5.81. The number of aromatic nitrogens is 5. The Kier molecular flexibility index (Phi) is 3.04. The van der Waals surface area contributed by atoms with E-state index in [-0.39, 0.29) is 11.9 Å². The van der Waals surface area contributed by atoms with Gasteiger partial charge in [0, 0.05) is 26.0 Å². The van der Waals surface area contributed by atoms with Crippen LogP contribution in [0.3, 0.4) is 0 Å². The van der Waals surface area contributed by atoms with E-state index in [0.29, 0.717) is 12.4 Å². The first-order valence-corrected chi connectivity index (χ1v) is 6.83. The molecule has 0 aliphatic carbocycles. The van der Waals surface area contributed by atoms with Crippen molar-refractivity contribution in [1.29, 1.82) is 0 Å². The molecular formula is C13H18N6O. The maximum Gasteiger partial charge on any atom is 0.245 e. The van der Waals surface area contributed by atoms with Crippen LogP contribution in [-0.2, 0) is 18.4 Å². The molecule has 0 saturated carbocycles. The van der Waals surface area contributed by atoms with Crippen molar-refractivity contribution < 1.29 is 4.79 Å². The van der Waals surface area contributed by atoms with Gasteiger partial charge >= 0.3 is 0 Å². The van der Waals surface area contributed by atoms with Crippen LogP contribution in [0.25, 0.3) is 11.6 Å². The van der Waals surface area contributed by atoms with Gasteiger partial charge in [-0.05, 0) is 13.3 Å². The molecule has 0 saturated heterocycles. The second-order valence-corrected chi connectivity index (χ2v) is 5.11. The van der Waals surface area contributed by atoms with E-state index in [2.05, 4.69) is 22.1 Å². The van der Waals surface area contributed by atoms with Gasteiger partial charge in [0.05, 0.1) is 6.54 Å². The summed E-state index contributed by atoms with van der Waals surface area (Å²) < 4.78 is 3.78. The highest BCUT2D eigenvalue weighted by Gasteiger charge is 2.33. The van der Waals surface area contributed by atoms with Crippen LogP contribution < -0.4 is 0 Å². The maximum absolute atomic E-state index is 12.4. The van der Waals surface area contributed by atoms with Crippen LogP contribution in [0.5, 0.6) is 0 Å². The topological polar surface area (TPSA) is 68.8 Å². The van der Waals surface area contributed by atoms with E-state index >= 15 is 0 Å². The number of amides is 1. The van der Waals surface area contributed by atoms with Crippen molar-refractivity contribution in [3.63, 3.8) is 0 Å². The molecule has 1 aliphatic rings. The van der Waals surface area contributed by atoms with Crippen molar-refractivity contribution in [3.8, 4) is 11.6 Å². The molecule has 0 unspecified atom stereocenters. The van der Waals surface area contributed by atoms with Crippen LogP contribution in [0.1, 0.15) is 32.1 Å². The minimum atomic E-state index is -0.285. The summed E-state index contributed by atoms with van der Waals surface area (Å²) in [6, 6.07) is -0.285. The largest absolute Gasteiger partial charge is 0.333 e. The number of rotatable bonds is 3. The molecule has 3 rings (SSSR count). The summed E-state index contributed by atoms with van der Waals surface area (Å²) in [5.74, 6) is 2.33. The molecule has 2 aromatic rings. The van der Waals surface area contributed by atoms with Crippen molar-refractivity contribution in [1.82, 2.24) is 29.2 Å². The Morgan fingerprint density at radius 1 is 1.35 bits per heavy atom. The summed E-state index contributed by atoms with van der Waals surface area (Å²) in [5, 5.41) is 8.47. The molecule has 1 amide bonds. The van der Waals surface area contributed by atoms with Crippen LogP contribution >= 0.6 is 0 Å². The molecular weight excluding hydrogens is 256 g/mol. The van der Waals surface area contributed by atoms with Crippen molar-refractivity contribution >= 4 is 5.91 Å². The van der Waals surface area contributed by atoms with Gasteiger partial charge in [-0.25, -0.2) is 4.98 Å². The Balaban J connectivity index is 2.05. The average molecular weight is 274 g/mol. The number of hydrogen-bond donors (Lipinski definition) is 0. The zero-order valence-corrected chi connectivity index (χ0v) is 11.9. The number of nitrogens with zero attached hydrogens (tertiary/aromatic N) is 6. The normalized spacial score (nSPS) is 18.4. The number of hydrogen-bond acceptors (Lipinski definition) is 4. The molecule has 3 heterocycles. The van der Waals surface area contributed by atoms with Gasteiger partial charge in [0.15, 0.2) is 11.6 Å². The molecule has 20 heavy (non-hydrogen) atoms. The SMILES string of the molecule is CCCN1Cc2nnc(-c3nccn3C)n2[C@@H](C)C1=O. The number of aryl methyl sites for hydroxylation is 1. The molecule has 1 aliphatic heterocycles. The zero-order chi connectivity index (χ0) is 14.3. The van der Waals surface area contributed by atoms with E-state index < -0.39 is 0 Å². The van der Waals surface area contributed by atoms with Gasteiger partial charge in [-0.3, -0.25) is 9.36 Å². The van der Waals surface area contributed by atoms with Gasteiger partial charge in [0.1, 0.15) is 6.04 Å². The van der Waals surface area contributed by atoms with Crippen LogP contribution in [-0.4, -0.2) is 41.7 Å². The van der Waals surface area contributed by atoms with Crippen molar-refractivity contribution in [2.24, 2.45) is 7.05 Å². The third kappa shape index (κ3) is 1.81. The molecule has 0 bridgehead atoms. The van der Waals surface area contributed by atoms with Crippen LogP contribution in [0.4, 0.5) is 0 Å². The van der Waals surface area contributed by atoms with E-state index in [4.69, 9.17) is 0 Å². The zero-order valence-electron chi connectivity index (χ0n) is 11.9. The van der Waals surface area contributed by atoms with Crippen molar-refractivity contribution in [3.05, 3.63) is 18.2 Å². The minimum Gasteiger partial charge on any atom is -0.333 e. The van der Waals surface area contributed by atoms with Crippen molar-refractivity contribution in [2.45, 2.75) is 32.9 Å². The number of carbonyl (C=O) groups is 1. The highest BCUT2D eigenvalue weighted by atomic mass is 16.2. The van der Waals surface area contributed by atoms with E-state index in [9.17, 15) is 4.79 Å². The van der Waals surface area contributed by atoms with Gasteiger partial charge in [-0.15, -0.1) is 10.2 Å². The fourth-order valence-corrected chi connectivity index (χ4v) is 2.65. The number of fused-ring (bicyclic) bond motifs is 1. The summed E-state index contributed by atoms with van der Waals surface area (Å²) >= 11 is 0. The second-order valence-electron chi connectivity index (χ2n) is 5.11. The first kappa shape index (κ1) is 12.8. The molecule has 0 aromatic carbocycles. The summed E-state index contributed by atoms with van der Waals surface area (Å²) in [7, 11) is 1.91. The van der Waals surface area contributed by atoms with E-state index in [1.165, 1.54) is 0 Å². The third-order valence-electron chi connectivity index (χ3n) is 3.67. The molecule has 0 spiro atoms. The van der Waals surface area contributed by atoms with Crippen molar-refractivity contribution in [2.75, 3.05) is 6.54 Å². The lowest BCUT2D eigenvalue weighted by Gasteiger charge is -2.31. The Morgan fingerprint density at radius 3 is 2.80 bits per heavy atom. The Labute approximate surface area is 117 Å². The predicted molar refractivity (Wildman–Crippen MR) is 72.6 cm³/mol. The van der Waals surface area contributed by atoms with Gasteiger partial charge < -0.3 is 9.47 Å². The smallest absolute Gasteiger partial charge is 0.245 e. The molecule has 1 atom stereocenters. The molecule has 0 N–H and O–H groups in total. The highest BCUT2D eigenvalue weighted by Crippen LogP contribution is 2.27. The summed E-state index contributed by atoms with van der Waals surface area (Å²) in [4.78, 5) is 18.5. The third-order valence-corrected chi connectivity index (χ3v) is 3.67. The quantitative estimate of drug-likeness (QED) is 0.837. The molecule has 2 aromatic heterocycles. The first-order valence-electron chi connectivity index (χ1n) is 6.83. The standard InChI is InChI=1S/C13H18N6O/c1-4-6-18-8-10-15-16-12(11-14-5-7-17(11)3)19(10)9(2)13(18)20/h5,7,9H,4,6,8H2,1-3H3/t9-/m0/s1. The van der Waals surface area contributed by atoms with Crippen LogP contribution in [0.2, 0.25) is 0 Å². The molecule has 0 radical (unpaired) electrons. The van der Waals surface area contributed by atoms with Crippen LogP contribution in [0.15, 0.2) is 12.4 Å². The summed E-state index contributed by atoms with van der Waals surface area (Å²) in [5.41, 5.74) is 0. The van der Waals surface area contributed by atoms with E-state index in [1.54, 1.807) is 6.20 Å². The minimum absolute atomic E-state index is 0.120. The predicted octanol–water partition coefficient (Wildman–Crippen LogP) is 0.992. The Morgan fingerprint density at radius 2 is 2.15 bits per heavy atom. The molecule has 0 fully saturated rings. The first-order chi connectivity index (χ1) is 9.63. The molecule has 7 nitrogen and oxygen atoms in total.